The van der Waals surface area contributed by atoms with Crippen molar-refractivity contribution in [3.8, 4) is 11.5 Å². The number of carbonyl (C=O) groups excluding carboxylic acids is 2. The van der Waals surface area contributed by atoms with Gasteiger partial charge in [-0.05, 0) is 25.1 Å². The van der Waals surface area contributed by atoms with Crippen LogP contribution in [0.1, 0.15) is 23.7 Å². The van der Waals surface area contributed by atoms with Crippen LogP contribution in [0.25, 0.3) is 0 Å². The zero-order valence-electron chi connectivity index (χ0n) is 11.9. The van der Waals surface area contributed by atoms with Crippen molar-refractivity contribution >= 4 is 17.8 Å². The topological polar surface area (TPSA) is 114 Å². The van der Waals surface area contributed by atoms with Gasteiger partial charge in [0.25, 0.3) is 5.91 Å². The molecule has 1 aliphatic heterocycles. The standard InChI is InChI=1S/C14H16N2O6/c1-8(4-13(18)19)16-12(17)6-15-14(20)9-2-3-10-11(5-9)22-7-21-10/h2-3,5,8H,4,6-7H2,1H3,(H,15,20)(H,16,17)(H,18,19). The minimum absolute atomic E-state index is 0.115. The molecule has 8 heteroatoms. The van der Waals surface area contributed by atoms with Gasteiger partial charge in [0.05, 0.1) is 13.0 Å². The number of ether oxygens (including phenoxy) is 2. The summed E-state index contributed by atoms with van der Waals surface area (Å²) in [7, 11) is 0. The fraction of sp³-hybridized carbons (Fsp3) is 0.357. The second-order valence-corrected chi connectivity index (χ2v) is 4.82. The Morgan fingerprint density at radius 1 is 1.27 bits per heavy atom. The second-order valence-electron chi connectivity index (χ2n) is 4.82. The van der Waals surface area contributed by atoms with E-state index in [1.807, 2.05) is 0 Å². The van der Waals surface area contributed by atoms with E-state index in [4.69, 9.17) is 14.6 Å². The molecule has 1 aliphatic rings. The van der Waals surface area contributed by atoms with Crippen LogP contribution in [0, 0.1) is 0 Å². The summed E-state index contributed by atoms with van der Waals surface area (Å²) in [5, 5.41) is 13.5. The monoisotopic (exact) mass is 308 g/mol. The Hall–Kier alpha value is -2.77. The molecular weight excluding hydrogens is 292 g/mol. The Labute approximate surface area is 126 Å². The SMILES string of the molecule is CC(CC(=O)O)NC(=O)CNC(=O)c1ccc2c(c1)OCO2. The average molecular weight is 308 g/mol. The third-order valence-electron chi connectivity index (χ3n) is 2.93. The number of benzene rings is 1. The number of carbonyl (C=O) groups is 3. The molecule has 0 saturated heterocycles. The molecule has 0 bridgehead atoms. The minimum Gasteiger partial charge on any atom is -0.481 e. The van der Waals surface area contributed by atoms with Gasteiger partial charge in [-0.3, -0.25) is 14.4 Å². The summed E-state index contributed by atoms with van der Waals surface area (Å²) in [5.74, 6) is -0.844. The fourth-order valence-electron chi connectivity index (χ4n) is 1.94. The molecule has 8 nitrogen and oxygen atoms in total. The highest BCUT2D eigenvalue weighted by molar-refractivity contribution is 5.97. The summed E-state index contributed by atoms with van der Waals surface area (Å²) in [6, 6.07) is 4.20. The quantitative estimate of drug-likeness (QED) is 0.688. The lowest BCUT2D eigenvalue weighted by Crippen LogP contribution is -2.41. The van der Waals surface area contributed by atoms with E-state index in [9.17, 15) is 14.4 Å². The number of fused-ring (bicyclic) bond motifs is 1. The number of carboxylic acids is 1. The Kier molecular flexibility index (Phi) is 4.82. The first kappa shape index (κ1) is 15.6. The molecule has 22 heavy (non-hydrogen) atoms. The maximum absolute atomic E-state index is 11.9. The van der Waals surface area contributed by atoms with Gasteiger partial charge in [-0.25, -0.2) is 0 Å². The summed E-state index contributed by atoms with van der Waals surface area (Å²) in [4.78, 5) is 34.0. The van der Waals surface area contributed by atoms with Crippen LogP contribution >= 0.6 is 0 Å². The van der Waals surface area contributed by atoms with Crippen molar-refractivity contribution in [2.45, 2.75) is 19.4 Å². The van der Waals surface area contributed by atoms with Crippen molar-refractivity contribution < 1.29 is 29.0 Å². The molecule has 0 aromatic heterocycles. The van der Waals surface area contributed by atoms with E-state index < -0.39 is 23.8 Å². The molecule has 118 valence electrons. The number of hydrogen-bond donors (Lipinski definition) is 3. The van der Waals surface area contributed by atoms with Gasteiger partial charge in [0.2, 0.25) is 12.7 Å². The van der Waals surface area contributed by atoms with E-state index in [1.54, 1.807) is 19.1 Å². The first-order valence-electron chi connectivity index (χ1n) is 6.64. The number of carboxylic acid groups (broad SMARTS) is 1. The molecule has 0 fully saturated rings. The first-order chi connectivity index (χ1) is 10.5. The van der Waals surface area contributed by atoms with Gasteiger partial charge < -0.3 is 25.2 Å². The molecule has 1 atom stereocenters. The third-order valence-corrected chi connectivity index (χ3v) is 2.93. The van der Waals surface area contributed by atoms with Crippen molar-refractivity contribution in [2.24, 2.45) is 0 Å². The molecule has 1 heterocycles. The molecule has 2 rings (SSSR count). The Morgan fingerprint density at radius 3 is 2.73 bits per heavy atom. The lowest BCUT2D eigenvalue weighted by Gasteiger charge is -2.12. The number of nitrogens with one attached hydrogen (secondary N) is 2. The highest BCUT2D eigenvalue weighted by atomic mass is 16.7. The van der Waals surface area contributed by atoms with Crippen LogP contribution in [0.4, 0.5) is 0 Å². The van der Waals surface area contributed by atoms with Crippen LogP contribution in [0.5, 0.6) is 11.5 Å². The van der Waals surface area contributed by atoms with Crippen molar-refractivity contribution in [1.82, 2.24) is 10.6 Å². The molecule has 0 saturated carbocycles. The van der Waals surface area contributed by atoms with Gasteiger partial charge in [0.15, 0.2) is 11.5 Å². The normalized spacial score (nSPS) is 13.3. The van der Waals surface area contributed by atoms with Crippen LogP contribution in [-0.4, -0.2) is 42.3 Å². The third kappa shape index (κ3) is 4.11. The lowest BCUT2D eigenvalue weighted by atomic mass is 10.2. The lowest BCUT2D eigenvalue weighted by molar-refractivity contribution is -0.137. The van der Waals surface area contributed by atoms with Crippen molar-refractivity contribution in [3.05, 3.63) is 23.8 Å². The molecule has 1 aromatic carbocycles. The molecule has 1 aromatic rings. The summed E-state index contributed by atoms with van der Waals surface area (Å²) in [6.45, 7) is 1.45. The van der Waals surface area contributed by atoms with Gasteiger partial charge in [0.1, 0.15) is 0 Å². The van der Waals surface area contributed by atoms with Crippen molar-refractivity contribution in [2.75, 3.05) is 13.3 Å². The van der Waals surface area contributed by atoms with E-state index in [-0.39, 0.29) is 19.8 Å². The summed E-state index contributed by atoms with van der Waals surface area (Å²) in [6.07, 6.45) is -0.179. The van der Waals surface area contributed by atoms with Crippen LogP contribution in [0.2, 0.25) is 0 Å². The molecule has 0 aliphatic carbocycles. The van der Waals surface area contributed by atoms with E-state index in [0.717, 1.165) is 0 Å². The number of aliphatic carboxylic acids is 1. The number of rotatable bonds is 6. The van der Waals surface area contributed by atoms with Gasteiger partial charge in [-0.2, -0.15) is 0 Å². The van der Waals surface area contributed by atoms with Gasteiger partial charge in [-0.15, -0.1) is 0 Å². The minimum atomic E-state index is -1.00. The van der Waals surface area contributed by atoms with Crippen LogP contribution in [0.3, 0.4) is 0 Å². The second kappa shape index (κ2) is 6.79. The number of hydrogen-bond acceptors (Lipinski definition) is 5. The highest BCUT2D eigenvalue weighted by Crippen LogP contribution is 2.32. The molecule has 0 spiro atoms. The first-order valence-corrected chi connectivity index (χ1v) is 6.64. The van der Waals surface area contributed by atoms with Crippen LogP contribution in [0.15, 0.2) is 18.2 Å². The summed E-state index contributed by atoms with van der Waals surface area (Å²) in [5.41, 5.74) is 0.343. The van der Waals surface area contributed by atoms with Crippen molar-refractivity contribution in [1.29, 1.82) is 0 Å². The molecule has 3 N–H and O–H groups in total. The highest BCUT2D eigenvalue weighted by Gasteiger charge is 2.17. The molecule has 1 unspecified atom stereocenters. The van der Waals surface area contributed by atoms with Gasteiger partial charge in [-0.1, -0.05) is 0 Å². The van der Waals surface area contributed by atoms with Crippen molar-refractivity contribution in [3.63, 3.8) is 0 Å². The molecular formula is C14H16N2O6. The molecule has 2 amide bonds. The van der Waals surface area contributed by atoms with Crippen LogP contribution in [-0.2, 0) is 9.59 Å². The zero-order chi connectivity index (χ0) is 16.1. The van der Waals surface area contributed by atoms with E-state index in [1.165, 1.54) is 6.07 Å². The maximum Gasteiger partial charge on any atom is 0.305 e. The zero-order valence-corrected chi connectivity index (χ0v) is 11.9. The van der Waals surface area contributed by atoms with E-state index in [0.29, 0.717) is 17.1 Å². The fourth-order valence-corrected chi connectivity index (χ4v) is 1.94. The summed E-state index contributed by atoms with van der Waals surface area (Å²) >= 11 is 0. The predicted molar refractivity (Wildman–Crippen MR) is 74.8 cm³/mol. The summed E-state index contributed by atoms with van der Waals surface area (Å²) < 4.78 is 10.3. The van der Waals surface area contributed by atoms with E-state index in [2.05, 4.69) is 10.6 Å². The average Bonchev–Trinajstić information content (AvgIpc) is 2.90. The number of amides is 2. The van der Waals surface area contributed by atoms with Crippen LogP contribution < -0.4 is 20.1 Å². The largest absolute Gasteiger partial charge is 0.481 e. The maximum atomic E-state index is 11.9. The Balaban J connectivity index is 1.82. The van der Waals surface area contributed by atoms with E-state index >= 15 is 0 Å². The van der Waals surface area contributed by atoms with Gasteiger partial charge in [0, 0.05) is 11.6 Å². The Morgan fingerprint density at radius 2 is 2.00 bits per heavy atom. The smallest absolute Gasteiger partial charge is 0.305 e. The molecule has 0 radical (unpaired) electrons. The predicted octanol–water partition coefficient (Wildman–Crippen LogP) is 0.124. The Bertz CT molecular complexity index is 601. The van der Waals surface area contributed by atoms with Gasteiger partial charge >= 0.3 is 5.97 Å².